The van der Waals surface area contributed by atoms with Crippen LogP contribution in [0.2, 0.25) is 0 Å². The van der Waals surface area contributed by atoms with Gasteiger partial charge in [-0.3, -0.25) is 0 Å². The Morgan fingerprint density at radius 3 is 2.10 bits per heavy atom. The molecule has 0 atom stereocenters. The van der Waals surface area contributed by atoms with Crippen molar-refractivity contribution in [2.24, 2.45) is 5.11 Å². The first-order valence-electron chi connectivity index (χ1n) is 17.6. The Bertz CT molecular complexity index is 1940. The van der Waals surface area contributed by atoms with Crippen LogP contribution in [0.25, 0.3) is 49.5 Å². The Hall–Kier alpha value is -4.51. The molecule has 1 aliphatic rings. The van der Waals surface area contributed by atoms with Crippen LogP contribution in [0.5, 0.6) is 0 Å². The van der Waals surface area contributed by atoms with Gasteiger partial charge in [-0.1, -0.05) is 125 Å². The zero-order valence-electron chi connectivity index (χ0n) is 28.2. The quantitative estimate of drug-likeness (QED) is 0.0326. The highest BCUT2D eigenvalue weighted by molar-refractivity contribution is 7.00. The summed E-state index contributed by atoms with van der Waals surface area (Å²) in [6.07, 6.45) is 24.8. The zero-order chi connectivity index (χ0) is 33.3. The van der Waals surface area contributed by atoms with E-state index in [1.807, 2.05) is 29.1 Å². The molecular weight excluding hydrogens is 613 g/mol. The first kappa shape index (κ1) is 33.4. The van der Waals surface area contributed by atoms with E-state index in [4.69, 9.17) is 6.42 Å². The lowest BCUT2D eigenvalue weighted by atomic mass is 9.70. The summed E-state index contributed by atoms with van der Waals surface area (Å²) in [5, 5.41) is 13.2. The van der Waals surface area contributed by atoms with Crippen LogP contribution < -0.4 is 0 Å². The van der Waals surface area contributed by atoms with Crippen LogP contribution in [0.3, 0.4) is 0 Å². The number of aromatic nitrogens is 5. The summed E-state index contributed by atoms with van der Waals surface area (Å²) >= 11 is 1.15. The van der Waals surface area contributed by atoms with Crippen molar-refractivity contribution in [2.45, 2.75) is 109 Å². The molecule has 8 nitrogen and oxygen atoms in total. The van der Waals surface area contributed by atoms with Crippen LogP contribution in [-0.4, -0.2) is 23.7 Å². The fraction of sp³-hybridized carbons (Fsp3) is 0.436. The minimum Gasteiger partial charge on any atom is -0.220 e. The third kappa shape index (κ3) is 6.74. The molecule has 0 spiro atoms. The van der Waals surface area contributed by atoms with E-state index in [1.165, 1.54) is 86.5 Å². The van der Waals surface area contributed by atoms with Crippen LogP contribution in [-0.2, 0) is 5.41 Å². The highest BCUT2D eigenvalue weighted by Crippen LogP contribution is 2.55. The molecule has 0 bridgehead atoms. The van der Waals surface area contributed by atoms with Crippen molar-refractivity contribution in [3.8, 4) is 40.4 Å². The maximum atomic E-state index is 9.31. The average Bonchev–Trinajstić information content (AvgIpc) is 3.86. The Morgan fingerprint density at radius 1 is 0.792 bits per heavy atom. The van der Waals surface area contributed by atoms with E-state index in [2.05, 4.69) is 79.2 Å². The lowest BCUT2D eigenvalue weighted by Crippen LogP contribution is -2.25. The van der Waals surface area contributed by atoms with Gasteiger partial charge in [0.1, 0.15) is 16.7 Å². The maximum absolute atomic E-state index is 9.31. The minimum atomic E-state index is -0.163. The van der Waals surface area contributed by atoms with Gasteiger partial charge in [0, 0.05) is 21.6 Å². The maximum Gasteiger partial charge on any atom is 0.121 e. The van der Waals surface area contributed by atoms with Crippen molar-refractivity contribution in [2.75, 3.05) is 0 Å². The van der Waals surface area contributed by atoms with Crippen molar-refractivity contribution in [3.63, 3.8) is 0 Å². The number of unbranched alkanes of at least 4 members (excludes halogenated alkanes) is 10. The molecule has 0 aliphatic heterocycles. The van der Waals surface area contributed by atoms with Gasteiger partial charge in [-0.25, -0.2) is 4.68 Å². The number of fused-ring (bicyclic) bond motifs is 4. The van der Waals surface area contributed by atoms with E-state index in [0.29, 0.717) is 5.69 Å². The largest absolute Gasteiger partial charge is 0.220 e. The molecule has 9 heteroatoms. The summed E-state index contributed by atoms with van der Waals surface area (Å²) in [7, 11) is 0. The van der Waals surface area contributed by atoms with Gasteiger partial charge >= 0.3 is 0 Å². The molecule has 1 aliphatic carbocycles. The molecule has 0 unspecified atom stereocenters. The molecule has 5 aromatic rings. The number of terminal acetylenes is 1. The van der Waals surface area contributed by atoms with E-state index in [9.17, 15) is 5.53 Å². The van der Waals surface area contributed by atoms with E-state index >= 15 is 0 Å². The summed E-state index contributed by atoms with van der Waals surface area (Å²) in [4.78, 5) is 3.13. The topological polar surface area (TPSA) is 105 Å². The summed E-state index contributed by atoms with van der Waals surface area (Å²) in [5.41, 5.74) is 19.7. The van der Waals surface area contributed by atoms with E-state index in [1.54, 1.807) is 0 Å². The lowest BCUT2D eigenvalue weighted by Gasteiger charge is -2.33. The molecule has 0 N–H and O–H groups in total. The van der Waals surface area contributed by atoms with Crippen molar-refractivity contribution in [1.29, 1.82) is 0 Å². The second-order valence-corrected chi connectivity index (χ2v) is 13.6. The molecule has 2 heterocycles. The molecule has 3 aromatic carbocycles. The number of rotatable bonds is 17. The first-order valence-corrected chi connectivity index (χ1v) is 18.4. The van der Waals surface area contributed by atoms with Gasteiger partial charge in [0.15, 0.2) is 0 Å². The number of hydrogen-bond acceptors (Lipinski definition) is 6. The third-order valence-electron chi connectivity index (χ3n) is 10.0. The summed E-state index contributed by atoms with van der Waals surface area (Å²) < 4.78 is 10.8. The number of benzene rings is 3. The molecule has 0 amide bonds. The molecule has 0 fully saturated rings. The minimum absolute atomic E-state index is 0.163. The smallest absolute Gasteiger partial charge is 0.121 e. The molecular formula is C39H44N8S. The van der Waals surface area contributed by atoms with Gasteiger partial charge in [-0.2, -0.15) is 8.75 Å². The van der Waals surface area contributed by atoms with Crippen molar-refractivity contribution in [3.05, 3.63) is 81.9 Å². The number of azide groups is 1. The second-order valence-electron chi connectivity index (χ2n) is 13.1. The van der Waals surface area contributed by atoms with E-state index in [0.717, 1.165) is 71.0 Å². The molecule has 0 saturated heterocycles. The van der Waals surface area contributed by atoms with Crippen molar-refractivity contribution >= 4 is 28.4 Å². The van der Waals surface area contributed by atoms with Gasteiger partial charge in [0.2, 0.25) is 0 Å². The van der Waals surface area contributed by atoms with E-state index in [-0.39, 0.29) is 5.41 Å². The average molecular weight is 657 g/mol. The standard InChI is InChI=1S/C39H44N8S/c1-4-7-9-11-13-15-23-39(24-16-14-12-10-8-5-2)34-25-29(41-45-40)18-21-31(34)32-22-19-30(26-35(32)39)47-27-36(42-46-47)33-20-17-28(6-3)37-38(33)44-48-43-37/h3,17-22,25-27H,4-5,7-16,23-24H2,1-2H3. The predicted molar refractivity (Wildman–Crippen MR) is 197 cm³/mol. The molecule has 0 radical (unpaired) electrons. The molecule has 6 rings (SSSR count). The van der Waals surface area contributed by atoms with Crippen molar-refractivity contribution in [1.82, 2.24) is 23.7 Å². The Labute approximate surface area is 288 Å². The third-order valence-corrected chi connectivity index (χ3v) is 10.5. The van der Waals surface area contributed by atoms with Gasteiger partial charge < -0.3 is 0 Å². The molecule has 2 aromatic heterocycles. The van der Waals surface area contributed by atoms with Crippen molar-refractivity contribution < 1.29 is 0 Å². The predicted octanol–water partition coefficient (Wildman–Crippen LogP) is 11.6. The van der Waals surface area contributed by atoms with Crippen LogP contribution >= 0.6 is 11.7 Å². The van der Waals surface area contributed by atoms with Crippen LogP contribution in [0.4, 0.5) is 5.69 Å². The SMILES string of the molecule is C#Cc1ccc(-c2cn(-c3ccc4c(c3)C(CCCCCCCC)(CCCCCCCC)c3cc(N=[N+]=[N-])ccc3-4)nn2)c2nsnc12. The van der Waals surface area contributed by atoms with Crippen LogP contribution in [0.1, 0.15) is 120 Å². The summed E-state index contributed by atoms with van der Waals surface area (Å²) in [6, 6.07) is 16.8. The second kappa shape index (κ2) is 15.6. The van der Waals surface area contributed by atoms with E-state index < -0.39 is 0 Å². The highest BCUT2D eigenvalue weighted by Gasteiger charge is 2.42. The molecule has 246 valence electrons. The summed E-state index contributed by atoms with van der Waals surface area (Å²) in [6.45, 7) is 4.54. The van der Waals surface area contributed by atoms with Crippen LogP contribution in [0, 0.1) is 12.3 Å². The highest BCUT2D eigenvalue weighted by atomic mass is 32.1. The Balaban J connectivity index is 1.39. The summed E-state index contributed by atoms with van der Waals surface area (Å²) in [5.74, 6) is 2.71. The van der Waals surface area contributed by atoms with Gasteiger partial charge in [0.05, 0.1) is 29.2 Å². The Morgan fingerprint density at radius 2 is 1.42 bits per heavy atom. The number of nitrogens with zero attached hydrogens (tertiary/aromatic N) is 8. The fourth-order valence-corrected chi connectivity index (χ4v) is 8.08. The molecule has 0 saturated carbocycles. The monoisotopic (exact) mass is 656 g/mol. The normalized spacial score (nSPS) is 12.9. The first-order chi connectivity index (χ1) is 23.6. The molecule has 48 heavy (non-hydrogen) atoms. The zero-order valence-corrected chi connectivity index (χ0v) is 29.0. The van der Waals surface area contributed by atoms with Crippen LogP contribution in [0.15, 0.2) is 59.8 Å². The fourth-order valence-electron chi connectivity index (χ4n) is 7.51. The van der Waals surface area contributed by atoms with Gasteiger partial charge in [-0.15, -0.1) is 11.5 Å². The van der Waals surface area contributed by atoms with Gasteiger partial charge in [-0.05, 0) is 71.0 Å². The number of hydrogen-bond donors (Lipinski definition) is 0. The Kier molecular flexibility index (Phi) is 10.8. The van der Waals surface area contributed by atoms with Gasteiger partial charge in [0.25, 0.3) is 0 Å². The lowest BCUT2D eigenvalue weighted by molar-refractivity contribution is 0.398.